The molecule has 0 bridgehead atoms. The van der Waals surface area contributed by atoms with E-state index in [0.717, 1.165) is 12.1 Å². The summed E-state index contributed by atoms with van der Waals surface area (Å²) < 4.78 is 47.0. The van der Waals surface area contributed by atoms with Gasteiger partial charge in [-0.05, 0) is 24.3 Å². The van der Waals surface area contributed by atoms with E-state index < -0.39 is 32.4 Å². The van der Waals surface area contributed by atoms with Crippen molar-refractivity contribution in [3.63, 3.8) is 0 Å². The topological polar surface area (TPSA) is 74.7 Å². The van der Waals surface area contributed by atoms with Crippen molar-refractivity contribution in [3.05, 3.63) is 24.3 Å². The zero-order valence-electron chi connectivity index (χ0n) is 9.66. The lowest BCUT2D eigenvalue weighted by molar-refractivity contribution is -0.142. The monoisotopic (exact) mass is 291 g/mol. The Balaban J connectivity index is 2.11. The summed E-state index contributed by atoms with van der Waals surface area (Å²) in [5.41, 5.74) is 0.616. The second-order valence-electron chi connectivity index (χ2n) is 4.24. The zero-order chi connectivity index (χ0) is 14.2. The van der Waals surface area contributed by atoms with Crippen LogP contribution in [0.15, 0.2) is 29.2 Å². The van der Waals surface area contributed by atoms with Gasteiger partial charge in [0.1, 0.15) is 0 Å². The summed E-state index contributed by atoms with van der Waals surface area (Å²) in [4.78, 5) is 11.9. The molecule has 1 fully saturated rings. The van der Waals surface area contributed by atoms with E-state index in [0.29, 0.717) is 18.8 Å². The summed E-state index contributed by atoms with van der Waals surface area (Å²) >= 11 is 0. The summed E-state index contributed by atoms with van der Waals surface area (Å²) in [6, 6.07) is 5.00. The van der Waals surface area contributed by atoms with Gasteiger partial charge in [0.15, 0.2) is 0 Å². The molecule has 1 saturated heterocycles. The number of anilines is 1. The molecule has 0 spiro atoms. The Morgan fingerprint density at radius 3 is 2.21 bits per heavy atom. The second kappa shape index (κ2) is 4.76. The van der Waals surface area contributed by atoms with Gasteiger partial charge >= 0.3 is 11.7 Å². The lowest BCUT2D eigenvalue weighted by atomic mass is 10.00. The van der Waals surface area contributed by atoms with Crippen molar-refractivity contribution >= 4 is 21.5 Å². The van der Waals surface area contributed by atoms with Crippen LogP contribution >= 0.6 is 0 Å². The Labute approximate surface area is 108 Å². The largest absolute Gasteiger partial charge is 0.481 e. The van der Waals surface area contributed by atoms with Gasteiger partial charge in [0.05, 0.1) is 10.8 Å². The van der Waals surface area contributed by atoms with Crippen LogP contribution in [-0.4, -0.2) is 38.3 Å². The number of halogens is 2. The van der Waals surface area contributed by atoms with Gasteiger partial charge in [-0.25, -0.2) is 8.42 Å². The van der Waals surface area contributed by atoms with Crippen molar-refractivity contribution in [3.8, 4) is 0 Å². The van der Waals surface area contributed by atoms with E-state index in [1.807, 2.05) is 0 Å². The molecule has 0 aliphatic carbocycles. The Morgan fingerprint density at radius 1 is 1.26 bits per heavy atom. The highest BCUT2D eigenvalue weighted by atomic mass is 32.2. The number of hydrogen-bond acceptors (Lipinski definition) is 4. The van der Waals surface area contributed by atoms with Crippen LogP contribution in [0, 0.1) is 5.92 Å². The minimum absolute atomic E-state index is 0.330. The molecule has 1 aliphatic heterocycles. The van der Waals surface area contributed by atoms with Crippen LogP contribution < -0.4 is 4.90 Å². The SMILES string of the molecule is O=C(O)C1CN(c2ccc(S(=O)(=O)C(F)F)cc2)C1. The van der Waals surface area contributed by atoms with Crippen molar-refractivity contribution in [2.75, 3.05) is 18.0 Å². The van der Waals surface area contributed by atoms with E-state index >= 15 is 0 Å². The number of aliphatic carboxylic acids is 1. The minimum Gasteiger partial charge on any atom is -0.481 e. The Kier molecular flexibility index (Phi) is 3.44. The molecule has 1 aliphatic rings. The Morgan fingerprint density at radius 2 is 1.79 bits per heavy atom. The number of carbonyl (C=O) groups is 1. The molecule has 1 heterocycles. The number of nitrogens with zero attached hydrogens (tertiary/aromatic N) is 1. The van der Waals surface area contributed by atoms with E-state index in [9.17, 15) is 22.0 Å². The average Bonchev–Trinajstić information content (AvgIpc) is 2.27. The molecule has 0 aromatic heterocycles. The zero-order valence-corrected chi connectivity index (χ0v) is 10.5. The third-order valence-corrected chi connectivity index (χ3v) is 4.39. The first kappa shape index (κ1) is 13.7. The molecule has 5 nitrogen and oxygen atoms in total. The third kappa shape index (κ3) is 2.53. The molecule has 0 atom stereocenters. The number of benzene rings is 1. The first-order chi connectivity index (χ1) is 8.82. The van der Waals surface area contributed by atoms with E-state index in [4.69, 9.17) is 5.11 Å². The number of carboxylic acid groups (broad SMARTS) is 1. The summed E-state index contributed by atoms with van der Waals surface area (Å²) in [6.45, 7) is 0.659. The maximum atomic E-state index is 12.3. The predicted molar refractivity (Wildman–Crippen MR) is 63.0 cm³/mol. The summed E-state index contributed by atoms with van der Waals surface area (Å²) in [5.74, 6) is -4.77. The van der Waals surface area contributed by atoms with Crippen LogP contribution in [0.5, 0.6) is 0 Å². The van der Waals surface area contributed by atoms with Crippen LogP contribution in [-0.2, 0) is 14.6 Å². The molecular formula is C11H11F2NO4S. The number of rotatable bonds is 4. The van der Waals surface area contributed by atoms with Crippen molar-refractivity contribution in [2.45, 2.75) is 10.7 Å². The van der Waals surface area contributed by atoms with Crippen LogP contribution in [0.4, 0.5) is 14.5 Å². The maximum absolute atomic E-state index is 12.3. The molecule has 0 saturated carbocycles. The number of sulfone groups is 1. The fourth-order valence-corrected chi connectivity index (χ4v) is 2.52. The van der Waals surface area contributed by atoms with Gasteiger partial charge in [0.2, 0.25) is 9.84 Å². The van der Waals surface area contributed by atoms with Gasteiger partial charge in [0.25, 0.3) is 0 Å². The van der Waals surface area contributed by atoms with Gasteiger partial charge in [-0.3, -0.25) is 4.79 Å². The van der Waals surface area contributed by atoms with Gasteiger partial charge in [-0.2, -0.15) is 8.78 Å². The summed E-state index contributed by atoms with van der Waals surface area (Å²) in [6.07, 6.45) is 0. The highest BCUT2D eigenvalue weighted by Gasteiger charge is 2.33. The minimum atomic E-state index is -4.58. The smallest absolute Gasteiger partial charge is 0.341 e. The standard InChI is InChI=1S/C11H11F2NO4S/c12-11(13)19(17,18)9-3-1-8(2-4-9)14-5-7(6-14)10(15)16/h1-4,7,11H,5-6H2,(H,15,16). The molecule has 1 aromatic carbocycles. The highest BCUT2D eigenvalue weighted by Crippen LogP contribution is 2.27. The van der Waals surface area contributed by atoms with E-state index in [-0.39, 0.29) is 0 Å². The van der Waals surface area contributed by atoms with Crippen LogP contribution in [0.2, 0.25) is 0 Å². The summed E-state index contributed by atoms with van der Waals surface area (Å²) in [7, 11) is -4.58. The maximum Gasteiger partial charge on any atom is 0.341 e. The van der Waals surface area contributed by atoms with E-state index in [1.54, 1.807) is 4.90 Å². The van der Waals surface area contributed by atoms with E-state index in [1.165, 1.54) is 12.1 Å². The van der Waals surface area contributed by atoms with Crippen LogP contribution in [0.1, 0.15) is 0 Å². The molecule has 0 amide bonds. The fourth-order valence-electron chi connectivity index (χ4n) is 1.80. The number of hydrogen-bond donors (Lipinski definition) is 1. The van der Waals surface area contributed by atoms with Gasteiger partial charge < -0.3 is 10.0 Å². The summed E-state index contributed by atoms with van der Waals surface area (Å²) in [5, 5.41) is 8.72. The molecule has 104 valence electrons. The second-order valence-corrected chi connectivity index (χ2v) is 6.16. The van der Waals surface area contributed by atoms with Crippen molar-refractivity contribution in [2.24, 2.45) is 5.92 Å². The highest BCUT2D eigenvalue weighted by molar-refractivity contribution is 7.91. The molecule has 1 N–H and O–H groups in total. The Bertz CT molecular complexity index is 579. The molecule has 19 heavy (non-hydrogen) atoms. The molecule has 0 radical (unpaired) electrons. The van der Waals surface area contributed by atoms with Crippen molar-refractivity contribution < 1.29 is 27.1 Å². The molecular weight excluding hydrogens is 280 g/mol. The van der Waals surface area contributed by atoms with Gasteiger partial charge in [-0.15, -0.1) is 0 Å². The number of alkyl halides is 2. The quantitative estimate of drug-likeness (QED) is 0.902. The number of carboxylic acids is 1. The first-order valence-electron chi connectivity index (χ1n) is 5.42. The predicted octanol–water partition coefficient (Wildman–Crippen LogP) is 1.20. The van der Waals surface area contributed by atoms with E-state index in [2.05, 4.69) is 0 Å². The molecule has 0 unspecified atom stereocenters. The lowest BCUT2D eigenvalue weighted by Gasteiger charge is -2.38. The van der Waals surface area contributed by atoms with Gasteiger partial charge in [0, 0.05) is 18.8 Å². The fraction of sp³-hybridized carbons (Fsp3) is 0.364. The average molecular weight is 291 g/mol. The molecule has 1 aromatic rings. The molecule has 8 heteroatoms. The van der Waals surface area contributed by atoms with Gasteiger partial charge in [-0.1, -0.05) is 0 Å². The third-order valence-electron chi connectivity index (χ3n) is 3.00. The van der Waals surface area contributed by atoms with Crippen LogP contribution in [0.25, 0.3) is 0 Å². The van der Waals surface area contributed by atoms with Crippen molar-refractivity contribution in [1.82, 2.24) is 0 Å². The lowest BCUT2D eigenvalue weighted by Crippen LogP contribution is -2.50. The first-order valence-corrected chi connectivity index (χ1v) is 6.97. The Hall–Kier alpha value is -1.70. The van der Waals surface area contributed by atoms with Crippen molar-refractivity contribution in [1.29, 1.82) is 0 Å². The normalized spacial score (nSPS) is 16.5. The molecule has 2 rings (SSSR count). The van der Waals surface area contributed by atoms with Crippen LogP contribution in [0.3, 0.4) is 0 Å².